The van der Waals surface area contributed by atoms with Crippen LogP contribution in [-0.4, -0.2) is 12.7 Å². The Labute approximate surface area is 125 Å². The lowest BCUT2D eigenvalue weighted by molar-refractivity contribution is 0.1000. The van der Waals surface area contributed by atoms with Crippen LogP contribution in [0.25, 0.3) is 11.0 Å². The maximum absolute atomic E-state index is 12.3. The quantitative estimate of drug-likeness (QED) is 0.759. The first-order chi connectivity index (χ1) is 10.7. The average molecular weight is 296 g/mol. The summed E-state index contributed by atoms with van der Waals surface area (Å²) in [4.78, 5) is 12.3. The van der Waals surface area contributed by atoms with Crippen LogP contribution < -0.4 is 20.5 Å². The van der Waals surface area contributed by atoms with Crippen molar-refractivity contribution >= 4 is 28.3 Å². The minimum Gasteiger partial charge on any atom is -0.454 e. The molecule has 1 amide bonds. The van der Waals surface area contributed by atoms with E-state index < -0.39 is 5.91 Å². The molecule has 0 fully saturated rings. The molecule has 6 heteroatoms. The first-order valence-electron chi connectivity index (χ1n) is 6.70. The smallest absolute Gasteiger partial charge is 0.293 e. The number of rotatable bonds is 2. The topological polar surface area (TPSA) is 86.7 Å². The van der Waals surface area contributed by atoms with Gasteiger partial charge in [0.05, 0.1) is 5.69 Å². The van der Waals surface area contributed by atoms with Crippen molar-refractivity contribution in [2.24, 2.45) is 0 Å². The lowest BCUT2D eigenvalue weighted by Gasteiger charge is -2.04. The average Bonchev–Trinajstić information content (AvgIpc) is 3.12. The van der Waals surface area contributed by atoms with Crippen molar-refractivity contribution in [1.82, 2.24) is 0 Å². The largest absolute Gasteiger partial charge is 0.454 e. The molecular weight excluding hydrogens is 284 g/mol. The molecule has 1 aliphatic heterocycles. The predicted octanol–water partition coefficient (Wildman–Crippen LogP) is 3.00. The standard InChI is InChI=1S/C16H12N2O4/c17-14-10-3-1-2-4-11(10)22-15(14)16(19)18-9-5-6-12-13(7-9)21-8-20-12/h1-7H,8,17H2,(H,18,19). The number of hydrogen-bond acceptors (Lipinski definition) is 5. The molecule has 3 N–H and O–H groups in total. The van der Waals surface area contributed by atoms with Gasteiger partial charge in [0.15, 0.2) is 11.5 Å². The van der Waals surface area contributed by atoms with Crippen molar-refractivity contribution in [3.63, 3.8) is 0 Å². The lowest BCUT2D eigenvalue weighted by atomic mass is 10.2. The molecule has 0 radical (unpaired) electrons. The fourth-order valence-electron chi connectivity index (χ4n) is 2.40. The van der Waals surface area contributed by atoms with Gasteiger partial charge in [0, 0.05) is 17.1 Å². The number of nitrogens with two attached hydrogens (primary N) is 1. The Bertz CT molecular complexity index is 885. The Kier molecular flexibility index (Phi) is 2.69. The monoisotopic (exact) mass is 296 g/mol. The van der Waals surface area contributed by atoms with E-state index in [9.17, 15) is 4.79 Å². The van der Waals surface area contributed by atoms with Gasteiger partial charge < -0.3 is 24.9 Å². The van der Waals surface area contributed by atoms with Gasteiger partial charge in [-0.05, 0) is 24.3 Å². The summed E-state index contributed by atoms with van der Waals surface area (Å²) in [7, 11) is 0. The highest BCUT2D eigenvalue weighted by molar-refractivity contribution is 6.11. The molecule has 1 aromatic heterocycles. The number of ether oxygens (including phenoxy) is 2. The van der Waals surface area contributed by atoms with E-state index in [-0.39, 0.29) is 12.6 Å². The Morgan fingerprint density at radius 2 is 1.91 bits per heavy atom. The molecule has 0 saturated carbocycles. The third-order valence-corrected chi connectivity index (χ3v) is 3.47. The molecule has 3 aromatic rings. The molecule has 4 rings (SSSR count). The van der Waals surface area contributed by atoms with Gasteiger partial charge in [0.1, 0.15) is 5.58 Å². The molecule has 1 aliphatic rings. The zero-order valence-electron chi connectivity index (χ0n) is 11.5. The van der Waals surface area contributed by atoms with Gasteiger partial charge in [0.25, 0.3) is 5.91 Å². The SMILES string of the molecule is Nc1c(C(=O)Nc2ccc3c(c2)OCO3)oc2ccccc12. The fraction of sp³-hybridized carbons (Fsp3) is 0.0625. The van der Waals surface area contributed by atoms with Gasteiger partial charge in [-0.15, -0.1) is 0 Å². The number of benzene rings is 2. The molecule has 0 unspecified atom stereocenters. The highest BCUT2D eigenvalue weighted by Gasteiger charge is 2.20. The van der Waals surface area contributed by atoms with Crippen molar-refractivity contribution in [1.29, 1.82) is 0 Å². The number of carbonyl (C=O) groups is 1. The maximum Gasteiger partial charge on any atom is 0.293 e. The third-order valence-electron chi connectivity index (χ3n) is 3.47. The summed E-state index contributed by atoms with van der Waals surface area (Å²) in [5, 5.41) is 3.46. The van der Waals surface area contributed by atoms with Crippen LogP contribution in [0.2, 0.25) is 0 Å². The van der Waals surface area contributed by atoms with Crippen molar-refractivity contribution in [3.05, 3.63) is 48.2 Å². The van der Waals surface area contributed by atoms with Crippen LogP contribution in [0.4, 0.5) is 11.4 Å². The van der Waals surface area contributed by atoms with Crippen molar-refractivity contribution in [2.75, 3.05) is 17.8 Å². The summed E-state index contributed by atoms with van der Waals surface area (Å²) in [6.07, 6.45) is 0. The number of furan rings is 1. The number of nitrogens with one attached hydrogen (secondary N) is 1. The Hall–Kier alpha value is -3.15. The van der Waals surface area contributed by atoms with Crippen molar-refractivity contribution in [3.8, 4) is 11.5 Å². The molecule has 0 saturated heterocycles. The Morgan fingerprint density at radius 1 is 1.09 bits per heavy atom. The van der Waals surface area contributed by atoms with Gasteiger partial charge in [0.2, 0.25) is 12.6 Å². The second kappa shape index (κ2) is 4.70. The minimum absolute atomic E-state index is 0.0962. The van der Waals surface area contributed by atoms with Gasteiger partial charge in [-0.2, -0.15) is 0 Å². The van der Waals surface area contributed by atoms with E-state index in [2.05, 4.69) is 5.32 Å². The Balaban J connectivity index is 1.65. The molecule has 0 atom stereocenters. The van der Waals surface area contributed by atoms with E-state index in [0.29, 0.717) is 28.5 Å². The number of carbonyl (C=O) groups excluding carboxylic acids is 1. The van der Waals surface area contributed by atoms with E-state index in [1.54, 1.807) is 24.3 Å². The van der Waals surface area contributed by atoms with Crippen LogP contribution in [0.3, 0.4) is 0 Å². The first-order valence-corrected chi connectivity index (χ1v) is 6.70. The van der Waals surface area contributed by atoms with E-state index in [1.807, 2.05) is 18.2 Å². The minimum atomic E-state index is -0.410. The van der Waals surface area contributed by atoms with Gasteiger partial charge in [-0.1, -0.05) is 12.1 Å². The summed E-state index contributed by atoms with van der Waals surface area (Å²) in [5.74, 6) is 0.933. The van der Waals surface area contributed by atoms with E-state index in [4.69, 9.17) is 19.6 Å². The first kappa shape index (κ1) is 12.6. The number of nitrogen functional groups attached to an aromatic ring is 1. The van der Waals surface area contributed by atoms with E-state index >= 15 is 0 Å². The van der Waals surface area contributed by atoms with Gasteiger partial charge >= 0.3 is 0 Å². The van der Waals surface area contributed by atoms with E-state index in [1.165, 1.54) is 0 Å². The lowest BCUT2D eigenvalue weighted by Crippen LogP contribution is -2.12. The predicted molar refractivity (Wildman–Crippen MR) is 81.1 cm³/mol. The van der Waals surface area contributed by atoms with Crippen LogP contribution in [0.5, 0.6) is 11.5 Å². The summed E-state index contributed by atoms with van der Waals surface area (Å²) in [5.41, 5.74) is 7.47. The number of hydrogen-bond donors (Lipinski definition) is 2. The van der Waals surface area contributed by atoms with E-state index in [0.717, 1.165) is 5.39 Å². The normalized spacial score (nSPS) is 12.5. The third kappa shape index (κ3) is 1.93. The molecule has 110 valence electrons. The molecule has 0 spiro atoms. The zero-order chi connectivity index (χ0) is 15.1. The molecule has 0 aliphatic carbocycles. The van der Waals surface area contributed by atoms with Crippen molar-refractivity contribution < 1.29 is 18.7 Å². The fourth-order valence-corrected chi connectivity index (χ4v) is 2.40. The van der Waals surface area contributed by atoms with Crippen LogP contribution in [0, 0.1) is 0 Å². The van der Waals surface area contributed by atoms with Gasteiger partial charge in [-0.3, -0.25) is 4.79 Å². The number of amides is 1. The van der Waals surface area contributed by atoms with Crippen molar-refractivity contribution in [2.45, 2.75) is 0 Å². The number of fused-ring (bicyclic) bond motifs is 2. The Morgan fingerprint density at radius 3 is 2.77 bits per heavy atom. The molecule has 2 heterocycles. The van der Waals surface area contributed by atoms with Crippen LogP contribution in [0.15, 0.2) is 46.9 Å². The highest BCUT2D eigenvalue weighted by Crippen LogP contribution is 2.35. The summed E-state index contributed by atoms with van der Waals surface area (Å²) in [6, 6.07) is 12.4. The van der Waals surface area contributed by atoms with Crippen LogP contribution in [-0.2, 0) is 0 Å². The molecular formula is C16H12N2O4. The zero-order valence-corrected chi connectivity index (χ0v) is 11.5. The number of anilines is 2. The summed E-state index contributed by atoms with van der Waals surface area (Å²) >= 11 is 0. The molecule has 0 bridgehead atoms. The summed E-state index contributed by atoms with van der Waals surface area (Å²) < 4.78 is 16.0. The number of para-hydroxylation sites is 1. The van der Waals surface area contributed by atoms with Gasteiger partial charge in [-0.25, -0.2) is 0 Å². The second-order valence-corrected chi connectivity index (χ2v) is 4.86. The maximum atomic E-state index is 12.3. The van der Waals surface area contributed by atoms with Crippen LogP contribution in [0.1, 0.15) is 10.6 Å². The summed E-state index contributed by atoms with van der Waals surface area (Å²) in [6.45, 7) is 0.184. The molecule has 22 heavy (non-hydrogen) atoms. The van der Waals surface area contributed by atoms with Crippen LogP contribution >= 0.6 is 0 Å². The highest BCUT2D eigenvalue weighted by atomic mass is 16.7. The second-order valence-electron chi connectivity index (χ2n) is 4.86. The molecule has 2 aromatic carbocycles. The molecule has 6 nitrogen and oxygen atoms in total.